The minimum Gasteiger partial charge on any atom is -0.351 e. The lowest BCUT2D eigenvalue weighted by molar-refractivity contribution is -0.156. The summed E-state index contributed by atoms with van der Waals surface area (Å²) < 4.78 is 7.41. The number of carbonyl (C=O) groups is 1. The maximum Gasteiger partial charge on any atom is 0.262 e. The molecule has 28 heavy (non-hydrogen) atoms. The third-order valence-electron chi connectivity index (χ3n) is 5.18. The highest BCUT2D eigenvalue weighted by Crippen LogP contribution is 2.31. The van der Waals surface area contributed by atoms with Gasteiger partial charge in [-0.2, -0.15) is 0 Å². The number of fused-ring (bicyclic) bond motifs is 2. The second-order valence-corrected chi connectivity index (χ2v) is 6.91. The predicted molar refractivity (Wildman–Crippen MR) is 107 cm³/mol. The first-order valence-corrected chi connectivity index (χ1v) is 9.59. The number of hydrogen-bond acceptors (Lipinski definition) is 4. The SMILES string of the molecule is CCO[C@H]1c2nc3ccccc3c(=O)n2[C@H](C)C(=O)N1CCc1ccccc1. The molecule has 2 heterocycles. The first-order valence-electron chi connectivity index (χ1n) is 9.59. The van der Waals surface area contributed by atoms with Crippen LogP contribution in [0.2, 0.25) is 0 Å². The summed E-state index contributed by atoms with van der Waals surface area (Å²) in [6, 6.07) is 16.6. The van der Waals surface area contributed by atoms with E-state index in [0.717, 1.165) is 5.56 Å². The maximum absolute atomic E-state index is 13.1. The van der Waals surface area contributed by atoms with Crippen molar-refractivity contribution in [3.8, 4) is 0 Å². The molecular formula is C22H23N3O3. The van der Waals surface area contributed by atoms with E-state index in [1.807, 2.05) is 49.4 Å². The standard InChI is InChI=1S/C22H23N3O3/c1-3-28-22-19-23-18-12-8-7-11-17(18)21(27)25(19)15(2)20(26)24(22)14-13-16-9-5-4-6-10-16/h4-12,15,22H,3,13-14H2,1-2H3/t15-,22+/m1/s1. The molecule has 0 unspecified atom stereocenters. The van der Waals surface area contributed by atoms with Crippen LogP contribution in [0.5, 0.6) is 0 Å². The number of carbonyl (C=O) groups excluding carboxylic acids is 1. The van der Waals surface area contributed by atoms with Crippen LogP contribution in [-0.2, 0) is 16.0 Å². The zero-order chi connectivity index (χ0) is 19.7. The zero-order valence-electron chi connectivity index (χ0n) is 16.0. The summed E-state index contributed by atoms with van der Waals surface area (Å²) in [5.74, 6) is 0.367. The summed E-state index contributed by atoms with van der Waals surface area (Å²) in [7, 11) is 0. The Bertz CT molecular complexity index is 1060. The van der Waals surface area contributed by atoms with Crippen molar-refractivity contribution in [2.45, 2.75) is 32.5 Å². The smallest absolute Gasteiger partial charge is 0.262 e. The van der Waals surface area contributed by atoms with E-state index in [4.69, 9.17) is 9.72 Å². The molecule has 0 N–H and O–H groups in total. The third-order valence-corrected chi connectivity index (χ3v) is 5.18. The number of para-hydroxylation sites is 1. The highest BCUT2D eigenvalue weighted by Gasteiger charge is 2.39. The van der Waals surface area contributed by atoms with Crippen LogP contribution < -0.4 is 5.56 Å². The van der Waals surface area contributed by atoms with E-state index in [0.29, 0.717) is 36.3 Å². The van der Waals surface area contributed by atoms with E-state index in [2.05, 4.69) is 0 Å². The van der Waals surface area contributed by atoms with Crippen molar-refractivity contribution in [2.75, 3.05) is 13.2 Å². The Balaban J connectivity index is 1.78. The molecule has 3 aromatic rings. The number of ether oxygens (including phenoxy) is 1. The largest absolute Gasteiger partial charge is 0.351 e. The lowest BCUT2D eigenvalue weighted by atomic mass is 10.1. The van der Waals surface area contributed by atoms with Crippen LogP contribution in [0, 0.1) is 0 Å². The fraction of sp³-hybridized carbons (Fsp3) is 0.318. The molecule has 0 fully saturated rings. The molecule has 2 atom stereocenters. The topological polar surface area (TPSA) is 64.4 Å². The molecule has 0 saturated carbocycles. The van der Waals surface area contributed by atoms with Gasteiger partial charge in [-0.25, -0.2) is 4.98 Å². The summed E-state index contributed by atoms with van der Waals surface area (Å²) in [4.78, 5) is 32.6. The van der Waals surface area contributed by atoms with Crippen LogP contribution in [0.3, 0.4) is 0 Å². The summed E-state index contributed by atoms with van der Waals surface area (Å²) in [6.07, 6.45) is 0.0375. The summed E-state index contributed by atoms with van der Waals surface area (Å²) in [5.41, 5.74) is 1.56. The van der Waals surface area contributed by atoms with Gasteiger partial charge in [0, 0.05) is 13.2 Å². The molecule has 1 aromatic heterocycles. The average Bonchev–Trinajstić information content (AvgIpc) is 2.72. The van der Waals surface area contributed by atoms with Gasteiger partial charge in [0.25, 0.3) is 5.56 Å². The van der Waals surface area contributed by atoms with Crippen LogP contribution in [0.15, 0.2) is 59.4 Å². The Labute approximate surface area is 163 Å². The maximum atomic E-state index is 13.1. The molecule has 2 aromatic carbocycles. The van der Waals surface area contributed by atoms with Gasteiger partial charge in [-0.1, -0.05) is 42.5 Å². The molecule has 144 valence electrons. The highest BCUT2D eigenvalue weighted by atomic mass is 16.5. The van der Waals surface area contributed by atoms with Crippen molar-refractivity contribution in [2.24, 2.45) is 0 Å². The van der Waals surface area contributed by atoms with Gasteiger partial charge in [0.15, 0.2) is 12.1 Å². The first kappa shape index (κ1) is 18.4. The second-order valence-electron chi connectivity index (χ2n) is 6.91. The van der Waals surface area contributed by atoms with Crippen molar-refractivity contribution in [3.05, 3.63) is 76.3 Å². The first-order chi connectivity index (χ1) is 13.6. The molecule has 1 aliphatic heterocycles. The minimum atomic E-state index is -0.672. The zero-order valence-corrected chi connectivity index (χ0v) is 16.0. The molecule has 0 saturated heterocycles. The van der Waals surface area contributed by atoms with E-state index >= 15 is 0 Å². The molecule has 1 amide bonds. The van der Waals surface area contributed by atoms with Gasteiger partial charge in [-0.05, 0) is 38.0 Å². The normalized spacial score (nSPS) is 19.1. The van der Waals surface area contributed by atoms with Crippen LogP contribution in [0.25, 0.3) is 10.9 Å². The molecule has 0 bridgehead atoms. The van der Waals surface area contributed by atoms with Crippen molar-refractivity contribution in [1.82, 2.24) is 14.5 Å². The van der Waals surface area contributed by atoms with Crippen LogP contribution in [0.4, 0.5) is 0 Å². The third kappa shape index (κ3) is 3.10. The fourth-order valence-corrected chi connectivity index (χ4v) is 3.76. The van der Waals surface area contributed by atoms with E-state index in [1.165, 1.54) is 4.57 Å². The van der Waals surface area contributed by atoms with Gasteiger partial charge in [-0.15, -0.1) is 0 Å². The average molecular weight is 377 g/mol. The molecule has 1 aliphatic rings. The van der Waals surface area contributed by atoms with Crippen molar-refractivity contribution < 1.29 is 9.53 Å². The van der Waals surface area contributed by atoms with Gasteiger partial charge >= 0.3 is 0 Å². The molecule has 6 nitrogen and oxygen atoms in total. The fourth-order valence-electron chi connectivity index (χ4n) is 3.76. The number of nitrogens with zero attached hydrogens (tertiary/aromatic N) is 3. The van der Waals surface area contributed by atoms with E-state index in [1.54, 1.807) is 24.0 Å². The van der Waals surface area contributed by atoms with Crippen LogP contribution in [0.1, 0.15) is 37.5 Å². The van der Waals surface area contributed by atoms with Crippen LogP contribution >= 0.6 is 0 Å². The van der Waals surface area contributed by atoms with Crippen molar-refractivity contribution in [3.63, 3.8) is 0 Å². The highest BCUT2D eigenvalue weighted by molar-refractivity contribution is 5.83. The quantitative estimate of drug-likeness (QED) is 0.685. The van der Waals surface area contributed by atoms with Crippen molar-refractivity contribution >= 4 is 16.8 Å². The van der Waals surface area contributed by atoms with Crippen LogP contribution in [-0.4, -0.2) is 33.5 Å². The monoisotopic (exact) mass is 377 g/mol. The Morgan fingerprint density at radius 1 is 1.04 bits per heavy atom. The van der Waals surface area contributed by atoms with E-state index < -0.39 is 12.3 Å². The second kappa shape index (κ2) is 7.56. The Kier molecular flexibility index (Phi) is 4.96. The number of aromatic nitrogens is 2. The molecule has 6 heteroatoms. The number of benzene rings is 2. The van der Waals surface area contributed by atoms with Gasteiger partial charge in [0.05, 0.1) is 10.9 Å². The molecule has 0 aliphatic carbocycles. The van der Waals surface area contributed by atoms with E-state index in [-0.39, 0.29) is 11.5 Å². The van der Waals surface area contributed by atoms with Gasteiger partial charge in [0.2, 0.25) is 5.91 Å². The predicted octanol–water partition coefficient (Wildman–Crippen LogP) is 3.08. The summed E-state index contributed by atoms with van der Waals surface area (Å²) in [5, 5.41) is 0.513. The number of hydrogen-bond donors (Lipinski definition) is 0. The van der Waals surface area contributed by atoms with Crippen molar-refractivity contribution in [1.29, 1.82) is 0 Å². The Morgan fingerprint density at radius 3 is 2.50 bits per heavy atom. The minimum absolute atomic E-state index is 0.124. The number of amides is 1. The molecular weight excluding hydrogens is 354 g/mol. The molecule has 0 radical (unpaired) electrons. The number of rotatable bonds is 5. The molecule has 0 spiro atoms. The van der Waals surface area contributed by atoms with Gasteiger partial charge in [-0.3, -0.25) is 14.2 Å². The van der Waals surface area contributed by atoms with Gasteiger partial charge in [0.1, 0.15) is 6.04 Å². The summed E-state index contributed by atoms with van der Waals surface area (Å²) in [6.45, 7) is 4.54. The Morgan fingerprint density at radius 2 is 1.75 bits per heavy atom. The molecule has 4 rings (SSSR count). The van der Waals surface area contributed by atoms with Gasteiger partial charge < -0.3 is 9.64 Å². The summed E-state index contributed by atoms with van der Waals surface area (Å²) >= 11 is 0. The van der Waals surface area contributed by atoms with E-state index in [9.17, 15) is 9.59 Å². The lowest BCUT2D eigenvalue weighted by Crippen LogP contribution is -2.50. The Hall–Kier alpha value is -2.99. The lowest BCUT2D eigenvalue weighted by Gasteiger charge is -2.39.